The van der Waals surface area contributed by atoms with Gasteiger partial charge in [0.25, 0.3) is 5.91 Å². The number of carbonyl (C=O) groups excluding carboxylic acids is 1. The van der Waals surface area contributed by atoms with Gasteiger partial charge in [-0.1, -0.05) is 11.6 Å². The highest BCUT2D eigenvalue weighted by Crippen LogP contribution is 2.40. The molecule has 0 bridgehead atoms. The van der Waals surface area contributed by atoms with Crippen molar-refractivity contribution < 1.29 is 9.53 Å². The van der Waals surface area contributed by atoms with E-state index in [4.69, 9.17) is 21.3 Å². The van der Waals surface area contributed by atoms with E-state index in [2.05, 4.69) is 10.4 Å². The summed E-state index contributed by atoms with van der Waals surface area (Å²) in [5.41, 5.74) is 3.19. The lowest BCUT2D eigenvalue weighted by atomic mass is 10.1. The molecule has 1 saturated carbocycles. The van der Waals surface area contributed by atoms with Crippen molar-refractivity contribution in [2.75, 3.05) is 13.2 Å². The molecule has 1 aliphatic carbocycles. The standard InChI is InChI=1S/C20H21ClN4O2/c1-12-18-16(11-17(13-3-4-13)23-19(18)25(2)24-12)20(26)22-9-10-27-15-7-5-14(21)6-8-15/h5-8,11,13H,3-4,9-10H2,1-2H3,(H,22,26). The average Bonchev–Trinajstić information content (AvgIpc) is 3.46. The van der Waals surface area contributed by atoms with E-state index >= 15 is 0 Å². The van der Waals surface area contributed by atoms with Crippen LogP contribution in [-0.4, -0.2) is 33.8 Å². The highest BCUT2D eigenvalue weighted by molar-refractivity contribution is 6.30. The first-order chi connectivity index (χ1) is 13.0. The Labute approximate surface area is 162 Å². The van der Waals surface area contributed by atoms with Gasteiger partial charge in [0, 0.05) is 23.7 Å². The van der Waals surface area contributed by atoms with E-state index in [0.717, 1.165) is 41.0 Å². The van der Waals surface area contributed by atoms with Crippen LogP contribution in [0.1, 0.15) is 40.5 Å². The summed E-state index contributed by atoms with van der Waals surface area (Å²) in [5.74, 6) is 1.06. The zero-order valence-electron chi connectivity index (χ0n) is 15.3. The zero-order valence-corrected chi connectivity index (χ0v) is 16.1. The Morgan fingerprint density at radius 2 is 2.07 bits per heavy atom. The SMILES string of the molecule is Cc1nn(C)c2nc(C3CC3)cc(C(=O)NCCOc3ccc(Cl)cc3)c12. The molecule has 27 heavy (non-hydrogen) atoms. The molecule has 6 nitrogen and oxygen atoms in total. The number of aryl methyl sites for hydroxylation is 2. The van der Waals surface area contributed by atoms with Gasteiger partial charge in [0.1, 0.15) is 12.4 Å². The summed E-state index contributed by atoms with van der Waals surface area (Å²) in [4.78, 5) is 17.6. The normalized spacial score (nSPS) is 13.7. The van der Waals surface area contributed by atoms with Crippen LogP contribution in [0, 0.1) is 6.92 Å². The van der Waals surface area contributed by atoms with Crippen LogP contribution in [-0.2, 0) is 7.05 Å². The Morgan fingerprint density at radius 3 is 2.78 bits per heavy atom. The van der Waals surface area contributed by atoms with Crippen LogP contribution in [0.3, 0.4) is 0 Å². The molecule has 0 radical (unpaired) electrons. The fraction of sp³-hybridized carbons (Fsp3) is 0.350. The summed E-state index contributed by atoms with van der Waals surface area (Å²) in [6.45, 7) is 2.69. The van der Waals surface area contributed by atoms with Gasteiger partial charge in [-0.15, -0.1) is 0 Å². The Bertz CT molecular complexity index is 993. The van der Waals surface area contributed by atoms with Gasteiger partial charge < -0.3 is 10.1 Å². The number of ether oxygens (including phenoxy) is 1. The number of halogens is 1. The molecule has 140 valence electrons. The topological polar surface area (TPSA) is 69.0 Å². The van der Waals surface area contributed by atoms with Crippen LogP contribution in [0.15, 0.2) is 30.3 Å². The molecule has 1 aliphatic rings. The van der Waals surface area contributed by atoms with Crippen molar-refractivity contribution >= 4 is 28.5 Å². The molecule has 0 spiro atoms. The van der Waals surface area contributed by atoms with Gasteiger partial charge in [0.05, 0.1) is 23.2 Å². The fourth-order valence-corrected chi connectivity index (χ4v) is 3.32. The molecule has 1 N–H and O–H groups in total. The summed E-state index contributed by atoms with van der Waals surface area (Å²) in [6, 6.07) is 9.07. The number of amides is 1. The van der Waals surface area contributed by atoms with Gasteiger partial charge >= 0.3 is 0 Å². The largest absolute Gasteiger partial charge is 0.492 e. The average molecular weight is 385 g/mol. The Kier molecular flexibility index (Phi) is 4.74. The third-order valence-electron chi connectivity index (χ3n) is 4.70. The molecule has 0 aliphatic heterocycles. The van der Waals surface area contributed by atoms with Crippen LogP contribution in [0.2, 0.25) is 5.02 Å². The fourth-order valence-electron chi connectivity index (χ4n) is 3.19. The molecule has 0 saturated heterocycles. The van der Waals surface area contributed by atoms with E-state index in [9.17, 15) is 4.79 Å². The number of hydrogen-bond donors (Lipinski definition) is 1. The van der Waals surface area contributed by atoms with Crippen molar-refractivity contribution in [1.29, 1.82) is 0 Å². The molecular formula is C20H21ClN4O2. The molecule has 7 heteroatoms. The van der Waals surface area contributed by atoms with Crippen LogP contribution < -0.4 is 10.1 Å². The van der Waals surface area contributed by atoms with Gasteiger partial charge in [0.15, 0.2) is 5.65 Å². The van der Waals surface area contributed by atoms with E-state index in [1.165, 1.54) is 0 Å². The number of pyridine rings is 1. The molecule has 2 aromatic heterocycles. The predicted molar refractivity (Wildman–Crippen MR) is 105 cm³/mol. The second-order valence-corrected chi connectivity index (χ2v) is 7.27. The highest BCUT2D eigenvalue weighted by atomic mass is 35.5. The van der Waals surface area contributed by atoms with Crippen molar-refractivity contribution in [3.05, 3.63) is 52.3 Å². The lowest BCUT2D eigenvalue weighted by Crippen LogP contribution is -2.28. The summed E-state index contributed by atoms with van der Waals surface area (Å²) in [7, 11) is 1.86. The molecule has 1 aromatic carbocycles. The number of nitrogens with one attached hydrogen (secondary N) is 1. The molecule has 0 unspecified atom stereocenters. The smallest absolute Gasteiger partial charge is 0.252 e. The summed E-state index contributed by atoms with van der Waals surface area (Å²) >= 11 is 5.86. The van der Waals surface area contributed by atoms with Crippen LogP contribution >= 0.6 is 11.6 Å². The van der Waals surface area contributed by atoms with Gasteiger partial charge in [-0.25, -0.2) is 4.98 Å². The van der Waals surface area contributed by atoms with E-state index < -0.39 is 0 Å². The monoisotopic (exact) mass is 384 g/mol. The number of aromatic nitrogens is 3. The predicted octanol–water partition coefficient (Wildman–Crippen LogP) is 3.62. The first-order valence-corrected chi connectivity index (χ1v) is 9.41. The maximum atomic E-state index is 12.8. The van der Waals surface area contributed by atoms with Crippen molar-refractivity contribution in [3.8, 4) is 5.75 Å². The van der Waals surface area contributed by atoms with E-state index in [0.29, 0.717) is 29.7 Å². The van der Waals surface area contributed by atoms with E-state index in [1.54, 1.807) is 28.9 Å². The van der Waals surface area contributed by atoms with Crippen molar-refractivity contribution in [1.82, 2.24) is 20.1 Å². The molecular weight excluding hydrogens is 364 g/mol. The molecule has 1 amide bonds. The number of benzene rings is 1. The maximum absolute atomic E-state index is 12.8. The van der Waals surface area contributed by atoms with Gasteiger partial charge in [-0.05, 0) is 50.1 Å². The number of hydrogen-bond acceptors (Lipinski definition) is 4. The Morgan fingerprint density at radius 1 is 1.33 bits per heavy atom. The van der Waals surface area contributed by atoms with Gasteiger partial charge in [0.2, 0.25) is 0 Å². The number of carbonyl (C=O) groups is 1. The van der Waals surface area contributed by atoms with Gasteiger partial charge in [-0.2, -0.15) is 5.10 Å². The minimum atomic E-state index is -0.125. The maximum Gasteiger partial charge on any atom is 0.252 e. The molecule has 2 heterocycles. The van der Waals surface area contributed by atoms with Crippen LogP contribution in [0.4, 0.5) is 0 Å². The second-order valence-electron chi connectivity index (χ2n) is 6.83. The molecule has 1 fully saturated rings. The minimum absolute atomic E-state index is 0.125. The highest BCUT2D eigenvalue weighted by Gasteiger charge is 2.28. The number of fused-ring (bicyclic) bond motifs is 1. The first kappa shape index (κ1) is 17.8. The van der Waals surface area contributed by atoms with E-state index in [1.807, 2.05) is 20.0 Å². The Balaban J connectivity index is 1.47. The van der Waals surface area contributed by atoms with Crippen molar-refractivity contribution in [2.45, 2.75) is 25.7 Å². The second kappa shape index (κ2) is 7.19. The quantitative estimate of drug-likeness (QED) is 0.659. The molecule has 0 atom stereocenters. The lowest BCUT2D eigenvalue weighted by Gasteiger charge is -2.10. The van der Waals surface area contributed by atoms with Gasteiger partial charge in [-0.3, -0.25) is 9.48 Å². The number of nitrogens with zero attached hydrogens (tertiary/aromatic N) is 3. The summed E-state index contributed by atoms with van der Waals surface area (Å²) in [6.07, 6.45) is 2.26. The summed E-state index contributed by atoms with van der Waals surface area (Å²) < 4.78 is 7.38. The molecule has 3 aromatic rings. The third kappa shape index (κ3) is 3.76. The molecule has 4 rings (SSSR count). The van der Waals surface area contributed by atoms with Crippen LogP contribution in [0.25, 0.3) is 11.0 Å². The number of rotatable bonds is 6. The van der Waals surface area contributed by atoms with Crippen molar-refractivity contribution in [2.24, 2.45) is 7.05 Å². The minimum Gasteiger partial charge on any atom is -0.492 e. The van der Waals surface area contributed by atoms with Crippen LogP contribution in [0.5, 0.6) is 5.75 Å². The lowest BCUT2D eigenvalue weighted by molar-refractivity contribution is 0.0948. The zero-order chi connectivity index (χ0) is 19.0. The third-order valence-corrected chi connectivity index (χ3v) is 4.95. The summed E-state index contributed by atoms with van der Waals surface area (Å²) in [5, 5.41) is 8.86. The van der Waals surface area contributed by atoms with E-state index in [-0.39, 0.29) is 5.91 Å². The first-order valence-electron chi connectivity index (χ1n) is 9.03. The van der Waals surface area contributed by atoms with Crippen molar-refractivity contribution in [3.63, 3.8) is 0 Å². The Hall–Kier alpha value is -2.60.